The molecule has 0 amide bonds. The Morgan fingerprint density at radius 1 is 1.48 bits per heavy atom. The zero-order valence-electron chi connectivity index (χ0n) is 15.0. The van der Waals surface area contributed by atoms with Crippen LogP contribution in [0.1, 0.15) is 20.8 Å². The topological polar surface area (TPSA) is 99.6 Å². The Bertz CT molecular complexity index is 692. The molecule has 3 atom stereocenters. The molecule has 1 saturated heterocycles. The molecule has 1 aliphatic heterocycles. The van der Waals surface area contributed by atoms with Crippen molar-refractivity contribution in [1.82, 2.24) is 9.55 Å². The predicted octanol–water partition coefficient (Wildman–Crippen LogP) is 0.714. The van der Waals surface area contributed by atoms with Crippen molar-refractivity contribution in [1.29, 1.82) is 0 Å². The van der Waals surface area contributed by atoms with Gasteiger partial charge in [-0.1, -0.05) is 13.1 Å². The standard InChI is InChI=1S/C15H25F2N3O4Si/c1-13(2,3)24-11-9(8-21)23-15(25(4)5,14(11,16)17)20-7-6-10(18)19-12(20)22/h6-7,9,11,21,25H,8H2,1-5H3,(H2,18,19,22)/t9-,11-,15+/m1/s1. The van der Waals surface area contributed by atoms with Gasteiger partial charge >= 0.3 is 11.6 Å². The van der Waals surface area contributed by atoms with Gasteiger partial charge in [-0.25, -0.2) is 4.79 Å². The molecule has 25 heavy (non-hydrogen) atoms. The van der Waals surface area contributed by atoms with Gasteiger partial charge in [-0.3, -0.25) is 4.57 Å². The van der Waals surface area contributed by atoms with Gasteiger partial charge in [0.15, 0.2) is 11.5 Å². The van der Waals surface area contributed by atoms with Gasteiger partial charge in [-0.05, 0) is 26.8 Å². The number of nitrogens with zero attached hydrogens (tertiary/aromatic N) is 2. The third-order valence-electron chi connectivity index (χ3n) is 4.13. The molecular weight excluding hydrogens is 352 g/mol. The van der Waals surface area contributed by atoms with Crippen LogP contribution >= 0.6 is 0 Å². The average Bonchev–Trinajstić information content (AvgIpc) is 2.67. The van der Waals surface area contributed by atoms with Crippen molar-refractivity contribution in [2.45, 2.75) is 62.9 Å². The van der Waals surface area contributed by atoms with Crippen LogP contribution in [0.2, 0.25) is 13.1 Å². The first-order valence-corrected chi connectivity index (χ1v) is 11.0. The molecule has 7 nitrogen and oxygen atoms in total. The summed E-state index contributed by atoms with van der Waals surface area (Å²) < 4.78 is 43.1. The minimum Gasteiger partial charge on any atom is -0.394 e. The van der Waals surface area contributed by atoms with Crippen molar-refractivity contribution < 1.29 is 23.4 Å². The van der Waals surface area contributed by atoms with Gasteiger partial charge in [-0.15, -0.1) is 0 Å². The molecule has 3 N–H and O–H groups in total. The second-order valence-corrected chi connectivity index (χ2v) is 10.6. The quantitative estimate of drug-likeness (QED) is 0.750. The highest BCUT2D eigenvalue weighted by molar-refractivity contribution is 6.58. The third kappa shape index (κ3) is 3.23. The summed E-state index contributed by atoms with van der Waals surface area (Å²) in [6.45, 7) is 7.55. The molecule has 1 aromatic heterocycles. The fourth-order valence-corrected chi connectivity index (χ4v) is 5.29. The molecule has 0 unspecified atom stereocenters. The molecule has 1 aromatic rings. The van der Waals surface area contributed by atoms with E-state index in [1.54, 1.807) is 33.9 Å². The predicted molar refractivity (Wildman–Crippen MR) is 91.3 cm³/mol. The van der Waals surface area contributed by atoms with Gasteiger partial charge < -0.3 is 20.3 Å². The zero-order chi connectivity index (χ0) is 19.2. The molecule has 0 radical (unpaired) electrons. The highest BCUT2D eigenvalue weighted by atomic mass is 28.3. The lowest BCUT2D eigenvalue weighted by atomic mass is 10.1. The summed E-state index contributed by atoms with van der Waals surface area (Å²) >= 11 is 0. The molecule has 0 spiro atoms. The number of hydrogen-bond donors (Lipinski definition) is 2. The number of aromatic nitrogens is 2. The first kappa shape index (κ1) is 20.0. The Labute approximate surface area is 146 Å². The van der Waals surface area contributed by atoms with Crippen molar-refractivity contribution in [2.75, 3.05) is 12.3 Å². The van der Waals surface area contributed by atoms with Crippen molar-refractivity contribution in [3.05, 3.63) is 22.7 Å². The first-order chi connectivity index (χ1) is 11.4. The van der Waals surface area contributed by atoms with Crippen molar-refractivity contribution in [3.8, 4) is 0 Å². The highest BCUT2D eigenvalue weighted by Crippen LogP contribution is 2.50. The van der Waals surface area contributed by atoms with E-state index in [0.29, 0.717) is 0 Å². The number of aliphatic hydroxyl groups is 1. The van der Waals surface area contributed by atoms with Crippen LogP contribution in [0.3, 0.4) is 0 Å². The van der Waals surface area contributed by atoms with Crippen LogP contribution in [0.5, 0.6) is 0 Å². The van der Waals surface area contributed by atoms with Crippen LogP contribution in [0, 0.1) is 0 Å². The van der Waals surface area contributed by atoms with Gasteiger partial charge in [0.2, 0.25) is 0 Å². The molecule has 10 heteroatoms. The van der Waals surface area contributed by atoms with Gasteiger partial charge in [-0.2, -0.15) is 13.8 Å². The van der Waals surface area contributed by atoms with Gasteiger partial charge in [0, 0.05) is 6.20 Å². The van der Waals surface area contributed by atoms with Crippen molar-refractivity contribution >= 4 is 14.6 Å². The summed E-state index contributed by atoms with van der Waals surface area (Å²) in [5, 5.41) is 7.38. The number of nitrogen functional groups attached to an aromatic ring is 1. The second-order valence-electron chi connectivity index (χ2n) is 7.47. The summed E-state index contributed by atoms with van der Waals surface area (Å²) in [6, 6.07) is 1.27. The molecule has 1 aliphatic rings. The fourth-order valence-electron chi connectivity index (χ4n) is 3.16. The van der Waals surface area contributed by atoms with Crippen LogP contribution in [-0.2, 0) is 14.8 Å². The van der Waals surface area contributed by atoms with E-state index < -0.39 is 50.2 Å². The van der Waals surface area contributed by atoms with E-state index >= 15 is 8.78 Å². The Morgan fingerprint density at radius 3 is 2.52 bits per heavy atom. The molecule has 2 rings (SSSR count). The van der Waals surface area contributed by atoms with Crippen molar-refractivity contribution in [3.63, 3.8) is 0 Å². The van der Waals surface area contributed by atoms with Crippen LogP contribution in [-0.4, -0.2) is 53.8 Å². The molecule has 0 saturated carbocycles. The number of aliphatic hydroxyl groups excluding tert-OH is 1. The second kappa shape index (κ2) is 6.42. The lowest BCUT2D eigenvalue weighted by Gasteiger charge is -2.39. The number of nitrogens with two attached hydrogens (primary N) is 1. The Morgan fingerprint density at radius 2 is 2.08 bits per heavy atom. The number of halogens is 2. The van der Waals surface area contributed by atoms with Gasteiger partial charge in [0.05, 0.1) is 12.2 Å². The summed E-state index contributed by atoms with van der Waals surface area (Å²) in [4.78, 5) is 15.8. The molecule has 2 heterocycles. The number of anilines is 1. The Hall–Kier alpha value is -1.36. The van der Waals surface area contributed by atoms with E-state index in [-0.39, 0.29) is 5.82 Å². The molecule has 0 aromatic carbocycles. The average molecular weight is 377 g/mol. The van der Waals surface area contributed by atoms with Crippen molar-refractivity contribution in [2.24, 2.45) is 0 Å². The minimum absolute atomic E-state index is 0.0654. The summed E-state index contributed by atoms with van der Waals surface area (Å²) in [5.41, 5.74) is 3.66. The summed E-state index contributed by atoms with van der Waals surface area (Å²) in [5.74, 6) is -3.61. The Balaban J connectivity index is 2.67. The number of rotatable bonds is 4. The lowest BCUT2D eigenvalue weighted by molar-refractivity contribution is -0.200. The maximum Gasteiger partial charge on any atom is 0.351 e. The summed E-state index contributed by atoms with van der Waals surface area (Å²) in [6.07, 6.45) is -1.80. The number of alkyl halides is 2. The van der Waals surface area contributed by atoms with E-state index in [2.05, 4.69) is 4.98 Å². The van der Waals surface area contributed by atoms with Crippen LogP contribution < -0.4 is 11.4 Å². The van der Waals surface area contributed by atoms with Gasteiger partial charge in [0.1, 0.15) is 20.7 Å². The maximum absolute atomic E-state index is 15.6. The monoisotopic (exact) mass is 377 g/mol. The number of ether oxygens (including phenoxy) is 2. The van der Waals surface area contributed by atoms with Crippen LogP contribution in [0.4, 0.5) is 14.6 Å². The molecule has 1 fully saturated rings. The van der Waals surface area contributed by atoms with E-state index in [4.69, 9.17) is 15.2 Å². The van der Waals surface area contributed by atoms with Crippen LogP contribution in [0.25, 0.3) is 0 Å². The Kier molecular flexibility index (Phi) is 5.12. The smallest absolute Gasteiger partial charge is 0.351 e. The van der Waals surface area contributed by atoms with E-state index in [9.17, 15) is 9.90 Å². The SMILES string of the molecule is C[SiH](C)[C@@]1(n2ccc(N)nc2=O)O[C@H](CO)[C@@H](OC(C)(C)C)C1(F)F. The van der Waals surface area contributed by atoms with E-state index in [1.807, 2.05) is 0 Å². The van der Waals surface area contributed by atoms with Crippen LogP contribution in [0.15, 0.2) is 17.1 Å². The molecule has 0 aliphatic carbocycles. The third-order valence-corrected chi connectivity index (χ3v) is 6.49. The number of hydrogen-bond acceptors (Lipinski definition) is 6. The molecule has 0 bridgehead atoms. The fraction of sp³-hybridized carbons (Fsp3) is 0.733. The molecular formula is C15H25F2N3O4Si. The minimum atomic E-state index is -3.55. The van der Waals surface area contributed by atoms with Gasteiger partial charge in [0.25, 0.3) is 0 Å². The highest BCUT2D eigenvalue weighted by Gasteiger charge is 2.72. The van der Waals surface area contributed by atoms with E-state index in [0.717, 1.165) is 4.57 Å². The van der Waals surface area contributed by atoms with E-state index in [1.165, 1.54) is 12.3 Å². The molecule has 142 valence electrons. The largest absolute Gasteiger partial charge is 0.394 e. The maximum atomic E-state index is 15.6. The lowest BCUT2D eigenvalue weighted by Crippen LogP contribution is -2.62. The summed E-state index contributed by atoms with van der Waals surface area (Å²) in [7, 11) is -2.39. The normalized spacial score (nSPS) is 29.3. The zero-order valence-corrected chi connectivity index (χ0v) is 16.1. The first-order valence-electron chi connectivity index (χ1n) is 8.06.